The van der Waals surface area contributed by atoms with Crippen LogP contribution < -0.4 is 0 Å². The van der Waals surface area contributed by atoms with Gasteiger partial charge in [-0.15, -0.1) is 0 Å². The zero-order valence-electron chi connectivity index (χ0n) is 20.9. The lowest BCUT2D eigenvalue weighted by molar-refractivity contribution is -0.157. The SMILES string of the molecule is O=C1OCCC=C[C@@H]2O[C@]34C=CCN(C5CCCCC5)C(=O)C3N([C@H](CO)c3ccccc3)C(=O)[C@@H]4[C@H]12. The highest BCUT2D eigenvalue weighted by Gasteiger charge is 2.72. The summed E-state index contributed by atoms with van der Waals surface area (Å²) in [6.45, 7) is 0.325. The molecule has 2 amide bonds. The third-order valence-corrected chi connectivity index (χ3v) is 8.80. The Labute approximate surface area is 216 Å². The Hall–Kier alpha value is -2.97. The smallest absolute Gasteiger partial charge is 0.312 e. The average Bonchev–Trinajstić information content (AvgIpc) is 3.29. The molecule has 8 heteroatoms. The first-order chi connectivity index (χ1) is 18.1. The Morgan fingerprint density at radius 1 is 1.03 bits per heavy atom. The molecular weight excluding hydrogens is 472 g/mol. The van der Waals surface area contributed by atoms with Gasteiger partial charge in [-0.05, 0) is 24.8 Å². The number of esters is 1. The minimum absolute atomic E-state index is 0.0984. The Morgan fingerprint density at radius 3 is 2.57 bits per heavy atom. The van der Waals surface area contributed by atoms with Crippen molar-refractivity contribution in [3.8, 4) is 0 Å². The molecule has 3 fully saturated rings. The molecule has 1 aliphatic carbocycles. The normalized spacial score (nSPS) is 34.8. The van der Waals surface area contributed by atoms with Gasteiger partial charge in [-0.3, -0.25) is 14.4 Å². The maximum absolute atomic E-state index is 14.5. The van der Waals surface area contributed by atoms with E-state index in [9.17, 15) is 19.5 Å². The molecule has 196 valence electrons. The van der Waals surface area contributed by atoms with Gasteiger partial charge in [0.05, 0.1) is 31.3 Å². The summed E-state index contributed by atoms with van der Waals surface area (Å²) in [6.07, 6.45) is 12.6. The number of aliphatic hydroxyl groups is 1. The van der Waals surface area contributed by atoms with Crippen LogP contribution in [0.4, 0.5) is 0 Å². The minimum Gasteiger partial charge on any atom is -0.465 e. The fraction of sp³-hybridized carbons (Fsp3) is 0.552. The predicted molar refractivity (Wildman–Crippen MR) is 134 cm³/mol. The zero-order valence-corrected chi connectivity index (χ0v) is 20.9. The van der Waals surface area contributed by atoms with Gasteiger partial charge in [0.25, 0.3) is 0 Å². The summed E-state index contributed by atoms with van der Waals surface area (Å²) in [5, 5.41) is 10.6. The van der Waals surface area contributed by atoms with Gasteiger partial charge in [-0.25, -0.2) is 0 Å². The highest BCUT2D eigenvalue weighted by Crippen LogP contribution is 2.55. The molecule has 1 N–H and O–H groups in total. The van der Waals surface area contributed by atoms with E-state index in [-0.39, 0.29) is 31.1 Å². The van der Waals surface area contributed by atoms with E-state index in [1.165, 1.54) is 4.90 Å². The molecule has 1 unspecified atom stereocenters. The van der Waals surface area contributed by atoms with Crippen molar-refractivity contribution in [3.05, 3.63) is 60.2 Å². The molecule has 0 aromatic heterocycles. The molecule has 0 radical (unpaired) electrons. The molecule has 6 rings (SSSR count). The summed E-state index contributed by atoms with van der Waals surface area (Å²) in [4.78, 5) is 45.5. The monoisotopic (exact) mass is 506 g/mol. The zero-order chi connectivity index (χ0) is 25.6. The van der Waals surface area contributed by atoms with Crippen molar-refractivity contribution in [2.24, 2.45) is 11.8 Å². The summed E-state index contributed by atoms with van der Waals surface area (Å²) in [6, 6.07) is 7.63. The lowest BCUT2D eigenvalue weighted by atomic mass is 9.77. The van der Waals surface area contributed by atoms with E-state index >= 15 is 0 Å². The van der Waals surface area contributed by atoms with E-state index in [0.717, 1.165) is 37.7 Å². The van der Waals surface area contributed by atoms with E-state index in [1.54, 1.807) is 0 Å². The number of hydrogen-bond donors (Lipinski definition) is 1. The molecule has 0 bridgehead atoms. The quantitative estimate of drug-likeness (QED) is 0.498. The molecule has 2 saturated heterocycles. The van der Waals surface area contributed by atoms with E-state index in [1.807, 2.05) is 59.5 Å². The van der Waals surface area contributed by atoms with Crippen molar-refractivity contribution in [1.29, 1.82) is 0 Å². The average molecular weight is 507 g/mol. The standard InChI is InChI=1S/C29H34N2O6/c32-18-21(19-10-3-1-4-11-19)31-25-27(34)30(20-12-5-2-6-13-20)16-9-15-29(25)24(26(31)33)23-22(37-29)14-7-8-17-36-28(23)35/h1,3-4,7,9-11,14-15,20-25,32H,2,5-6,8,12-13,16-18H2/t21-,22+,23-,24+,25?,29+/m1/s1. The summed E-state index contributed by atoms with van der Waals surface area (Å²) in [5.74, 6) is -2.77. The fourth-order valence-electron chi connectivity index (χ4n) is 7.15. The van der Waals surface area contributed by atoms with Crippen LogP contribution in [0, 0.1) is 11.8 Å². The topological polar surface area (TPSA) is 96.4 Å². The first kappa shape index (κ1) is 24.4. The van der Waals surface area contributed by atoms with Crippen LogP contribution in [0.25, 0.3) is 0 Å². The number of amides is 2. The Balaban J connectivity index is 1.48. The van der Waals surface area contributed by atoms with Gasteiger partial charge in [-0.1, -0.05) is 73.9 Å². The Bertz CT molecular complexity index is 1110. The number of fused-ring (bicyclic) bond motifs is 2. The highest BCUT2D eigenvalue weighted by atomic mass is 16.6. The maximum atomic E-state index is 14.5. The van der Waals surface area contributed by atoms with Crippen LogP contribution >= 0.6 is 0 Å². The van der Waals surface area contributed by atoms with Crippen LogP contribution in [0.2, 0.25) is 0 Å². The van der Waals surface area contributed by atoms with Crippen molar-refractivity contribution in [1.82, 2.24) is 9.80 Å². The number of carbonyl (C=O) groups excluding carboxylic acids is 3. The Kier molecular flexibility index (Phi) is 6.41. The second-order valence-electron chi connectivity index (χ2n) is 10.8. The van der Waals surface area contributed by atoms with Gasteiger partial charge in [0, 0.05) is 12.6 Å². The number of aliphatic hydroxyl groups excluding tert-OH is 1. The molecule has 8 nitrogen and oxygen atoms in total. The summed E-state index contributed by atoms with van der Waals surface area (Å²) in [7, 11) is 0. The van der Waals surface area contributed by atoms with Crippen LogP contribution in [-0.4, -0.2) is 76.2 Å². The van der Waals surface area contributed by atoms with Crippen molar-refractivity contribution < 1.29 is 29.0 Å². The summed E-state index contributed by atoms with van der Waals surface area (Å²) in [5.41, 5.74) is -0.585. The third-order valence-electron chi connectivity index (χ3n) is 8.80. The van der Waals surface area contributed by atoms with E-state index in [0.29, 0.717) is 13.0 Å². The largest absolute Gasteiger partial charge is 0.465 e. The third kappa shape index (κ3) is 3.84. The van der Waals surface area contributed by atoms with Crippen LogP contribution in [0.3, 0.4) is 0 Å². The number of rotatable bonds is 4. The molecular formula is C29H34N2O6. The van der Waals surface area contributed by atoms with Crippen molar-refractivity contribution in [3.63, 3.8) is 0 Å². The molecule has 4 aliphatic heterocycles. The van der Waals surface area contributed by atoms with Crippen LogP contribution in [0.5, 0.6) is 0 Å². The highest BCUT2D eigenvalue weighted by molar-refractivity contribution is 5.99. The van der Waals surface area contributed by atoms with Gasteiger partial charge < -0.3 is 24.4 Å². The van der Waals surface area contributed by atoms with Gasteiger partial charge >= 0.3 is 5.97 Å². The van der Waals surface area contributed by atoms with E-state index < -0.39 is 41.6 Å². The van der Waals surface area contributed by atoms with Crippen LogP contribution in [0.1, 0.15) is 50.1 Å². The number of hydrogen-bond acceptors (Lipinski definition) is 6. The molecule has 5 aliphatic rings. The van der Waals surface area contributed by atoms with E-state index in [2.05, 4.69) is 0 Å². The first-order valence-corrected chi connectivity index (χ1v) is 13.5. The number of ether oxygens (including phenoxy) is 2. The fourth-order valence-corrected chi connectivity index (χ4v) is 7.15. The number of nitrogens with zero attached hydrogens (tertiary/aromatic N) is 2. The predicted octanol–water partition coefficient (Wildman–Crippen LogP) is 2.54. The van der Waals surface area contributed by atoms with Crippen LogP contribution in [-0.2, 0) is 23.9 Å². The molecule has 1 aromatic rings. The molecule has 1 saturated carbocycles. The van der Waals surface area contributed by atoms with Gasteiger partial charge in [0.2, 0.25) is 11.8 Å². The summed E-state index contributed by atoms with van der Waals surface area (Å²) < 4.78 is 12.1. The van der Waals surface area contributed by atoms with Crippen LogP contribution in [0.15, 0.2) is 54.6 Å². The number of benzene rings is 1. The van der Waals surface area contributed by atoms with E-state index in [4.69, 9.17) is 9.47 Å². The Morgan fingerprint density at radius 2 is 1.81 bits per heavy atom. The number of cyclic esters (lactones) is 1. The van der Waals surface area contributed by atoms with Gasteiger partial charge in [-0.2, -0.15) is 0 Å². The number of carbonyl (C=O) groups is 3. The van der Waals surface area contributed by atoms with Gasteiger partial charge in [0.1, 0.15) is 17.6 Å². The molecule has 1 spiro atoms. The second kappa shape index (κ2) is 9.72. The lowest BCUT2D eigenvalue weighted by Crippen LogP contribution is -2.58. The maximum Gasteiger partial charge on any atom is 0.312 e. The number of likely N-dealkylation sites (tertiary alicyclic amines) is 1. The molecule has 6 atom stereocenters. The van der Waals surface area contributed by atoms with Crippen molar-refractivity contribution in [2.45, 2.75) is 68.4 Å². The lowest BCUT2D eigenvalue weighted by Gasteiger charge is -2.41. The van der Waals surface area contributed by atoms with Gasteiger partial charge in [0.15, 0.2) is 0 Å². The second-order valence-corrected chi connectivity index (χ2v) is 10.8. The van der Waals surface area contributed by atoms with Crippen molar-refractivity contribution in [2.75, 3.05) is 19.8 Å². The summed E-state index contributed by atoms with van der Waals surface area (Å²) >= 11 is 0. The molecule has 4 heterocycles. The minimum atomic E-state index is -1.32. The van der Waals surface area contributed by atoms with Crippen molar-refractivity contribution >= 4 is 17.8 Å². The first-order valence-electron chi connectivity index (χ1n) is 13.5. The molecule has 37 heavy (non-hydrogen) atoms. The molecule has 1 aromatic carbocycles.